The van der Waals surface area contributed by atoms with Crippen LogP contribution in [0.5, 0.6) is 0 Å². The minimum Gasteiger partial charge on any atom is -0.337 e. The highest BCUT2D eigenvalue weighted by atomic mass is 16.2. The van der Waals surface area contributed by atoms with E-state index < -0.39 is 11.9 Å². The highest BCUT2D eigenvalue weighted by Gasteiger charge is 2.22. The number of hydrogen-bond acceptors (Lipinski definition) is 4. The molecule has 1 unspecified atom stereocenters. The molecule has 2 aromatic heterocycles. The summed E-state index contributed by atoms with van der Waals surface area (Å²) < 4.78 is 0. The second-order valence-corrected chi connectivity index (χ2v) is 5.40. The molecule has 0 aliphatic rings. The SMILES string of the molecule is O=C(C=Cc1ccccn1)NC(C(=O)Nc1ccn[nH]1)c1ccccc1. The summed E-state index contributed by atoms with van der Waals surface area (Å²) in [7, 11) is 0. The molecule has 3 rings (SSSR count). The van der Waals surface area contributed by atoms with Crippen LogP contribution in [0.4, 0.5) is 5.82 Å². The molecule has 0 bridgehead atoms. The van der Waals surface area contributed by atoms with Crippen LogP contribution in [0.25, 0.3) is 6.08 Å². The van der Waals surface area contributed by atoms with Gasteiger partial charge in [0.2, 0.25) is 5.91 Å². The second-order valence-electron chi connectivity index (χ2n) is 5.40. The molecule has 0 aliphatic carbocycles. The zero-order chi connectivity index (χ0) is 18.2. The Balaban J connectivity index is 1.74. The van der Waals surface area contributed by atoms with Gasteiger partial charge in [0.05, 0.1) is 11.9 Å². The van der Waals surface area contributed by atoms with Crippen molar-refractivity contribution in [2.24, 2.45) is 0 Å². The van der Waals surface area contributed by atoms with E-state index in [4.69, 9.17) is 0 Å². The number of carbonyl (C=O) groups excluding carboxylic acids is 2. The molecule has 2 heterocycles. The number of aromatic amines is 1. The third-order valence-electron chi connectivity index (χ3n) is 3.53. The van der Waals surface area contributed by atoms with Gasteiger partial charge < -0.3 is 10.6 Å². The van der Waals surface area contributed by atoms with E-state index in [-0.39, 0.29) is 5.91 Å². The van der Waals surface area contributed by atoms with Crippen LogP contribution in [0.2, 0.25) is 0 Å². The van der Waals surface area contributed by atoms with Crippen LogP contribution in [0.15, 0.2) is 73.1 Å². The summed E-state index contributed by atoms with van der Waals surface area (Å²) in [5.41, 5.74) is 1.32. The van der Waals surface area contributed by atoms with Gasteiger partial charge >= 0.3 is 0 Å². The van der Waals surface area contributed by atoms with Crippen LogP contribution in [0.1, 0.15) is 17.3 Å². The first-order chi connectivity index (χ1) is 12.7. The summed E-state index contributed by atoms with van der Waals surface area (Å²) in [5.74, 6) is -0.321. The normalized spacial score (nSPS) is 11.8. The monoisotopic (exact) mass is 347 g/mol. The van der Waals surface area contributed by atoms with Crippen molar-refractivity contribution in [2.75, 3.05) is 5.32 Å². The van der Waals surface area contributed by atoms with E-state index >= 15 is 0 Å². The average Bonchev–Trinajstić information content (AvgIpc) is 3.19. The Morgan fingerprint density at radius 3 is 2.50 bits per heavy atom. The van der Waals surface area contributed by atoms with E-state index in [1.54, 1.807) is 42.6 Å². The van der Waals surface area contributed by atoms with Gasteiger partial charge in [-0.1, -0.05) is 36.4 Å². The number of anilines is 1. The third kappa shape index (κ3) is 4.64. The molecule has 0 fully saturated rings. The molecule has 0 saturated heterocycles. The number of nitrogens with zero attached hydrogens (tertiary/aromatic N) is 2. The standard InChI is InChI=1S/C19H17N5O2/c25-17(10-9-15-8-4-5-12-20-15)23-18(14-6-2-1-3-7-14)19(26)22-16-11-13-21-24-16/h1-13,18H,(H,23,25)(H2,21,22,24,26). The Labute approximate surface area is 150 Å². The van der Waals surface area contributed by atoms with Crippen LogP contribution in [-0.4, -0.2) is 27.0 Å². The number of carbonyl (C=O) groups is 2. The number of hydrogen-bond donors (Lipinski definition) is 3. The smallest absolute Gasteiger partial charge is 0.252 e. The molecular weight excluding hydrogens is 330 g/mol. The fourth-order valence-electron chi connectivity index (χ4n) is 2.30. The summed E-state index contributed by atoms with van der Waals surface area (Å²) in [6.07, 6.45) is 6.11. The lowest BCUT2D eigenvalue weighted by atomic mass is 10.1. The Hall–Kier alpha value is -3.74. The predicted molar refractivity (Wildman–Crippen MR) is 97.8 cm³/mol. The van der Waals surface area contributed by atoms with Gasteiger partial charge in [-0.15, -0.1) is 0 Å². The Bertz CT molecular complexity index is 877. The molecule has 0 spiro atoms. The molecule has 130 valence electrons. The van der Waals surface area contributed by atoms with Gasteiger partial charge in [-0.2, -0.15) is 5.10 Å². The van der Waals surface area contributed by atoms with E-state index in [9.17, 15) is 9.59 Å². The lowest BCUT2D eigenvalue weighted by molar-refractivity contribution is -0.124. The van der Waals surface area contributed by atoms with Gasteiger partial charge in [0.15, 0.2) is 0 Å². The van der Waals surface area contributed by atoms with Crippen molar-refractivity contribution in [3.8, 4) is 0 Å². The number of H-pyrrole nitrogens is 1. The summed E-state index contributed by atoms with van der Waals surface area (Å²) >= 11 is 0. The highest BCUT2D eigenvalue weighted by Crippen LogP contribution is 2.15. The van der Waals surface area contributed by atoms with Crippen molar-refractivity contribution in [1.82, 2.24) is 20.5 Å². The number of aromatic nitrogens is 3. The zero-order valence-electron chi connectivity index (χ0n) is 13.8. The average molecular weight is 347 g/mol. The minimum absolute atomic E-state index is 0.375. The van der Waals surface area contributed by atoms with Gasteiger partial charge in [0.1, 0.15) is 11.9 Å². The summed E-state index contributed by atoms with van der Waals surface area (Å²) in [6, 6.07) is 15.2. The molecule has 3 aromatic rings. The first-order valence-corrected chi connectivity index (χ1v) is 7.97. The summed E-state index contributed by atoms with van der Waals surface area (Å²) in [4.78, 5) is 29.0. The fourth-order valence-corrected chi connectivity index (χ4v) is 2.30. The Morgan fingerprint density at radius 2 is 1.81 bits per heavy atom. The second kappa shape index (κ2) is 8.39. The molecule has 1 aromatic carbocycles. The van der Waals surface area contributed by atoms with Crippen LogP contribution in [0, 0.1) is 0 Å². The molecular formula is C19H17N5O2. The van der Waals surface area contributed by atoms with E-state index in [1.807, 2.05) is 24.3 Å². The predicted octanol–water partition coefficient (Wildman–Crippen LogP) is 2.31. The molecule has 26 heavy (non-hydrogen) atoms. The number of rotatable bonds is 6. The molecule has 7 nitrogen and oxygen atoms in total. The van der Waals surface area contributed by atoms with Crippen LogP contribution >= 0.6 is 0 Å². The first kappa shape index (κ1) is 17.1. The van der Waals surface area contributed by atoms with E-state index in [2.05, 4.69) is 25.8 Å². The first-order valence-electron chi connectivity index (χ1n) is 7.97. The van der Waals surface area contributed by atoms with E-state index in [0.29, 0.717) is 17.1 Å². The van der Waals surface area contributed by atoms with Crippen molar-refractivity contribution in [2.45, 2.75) is 6.04 Å². The number of nitrogens with one attached hydrogen (secondary N) is 3. The van der Waals surface area contributed by atoms with Crippen molar-refractivity contribution >= 4 is 23.7 Å². The van der Waals surface area contributed by atoms with Crippen LogP contribution < -0.4 is 10.6 Å². The molecule has 0 saturated carbocycles. The Morgan fingerprint density at radius 1 is 1.00 bits per heavy atom. The number of pyridine rings is 1. The van der Waals surface area contributed by atoms with Gasteiger partial charge in [0, 0.05) is 18.3 Å². The van der Waals surface area contributed by atoms with E-state index in [1.165, 1.54) is 12.3 Å². The topological polar surface area (TPSA) is 99.8 Å². The minimum atomic E-state index is -0.847. The number of benzene rings is 1. The lowest BCUT2D eigenvalue weighted by Crippen LogP contribution is -2.36. The van der Waals surface area contributed by atoms with Gasteiger partial charge in [0.25, 0.3) is 5.91 Å². The maximum atomic E-state index is 12.6. The quantitative estimate of drug-likeness (QED) is 0.596. The maximum Gasteiger partial charge on any atom is 0.252 e. The summed E-state index contributed by atoms with van der Waals surface area (Å²) in [6.45, 7) is 0. The molecule has 0 radical (unpaired) electrons. The molecule has 1 atom stereocenters. The zero-order valence-corrected chi connectivity index (χ0v) is 13.8. The van der Waals surface area contributed by atoms with Crippen molar-refractivity contribution < 1.29 is 9.59 Å². The fraction of sp³-hybridized carbons (Fsp3) is 0.0526. The van der Waals surface area contributed by atoms with Crippen LogP contribution in [0.3, 0.4) is 0 Å². The largest absolute Gasteiger partial charge is 0.337 e. The maximum absolute atomic E-state index is 12.6. The summed E-state index contributed by atoms with van der Waals surface area (Å²) in [5, 5.41) is 11.9. The molecule has 3 N–H and O–H groups in total. The molecule has 0 aliphatic heterocycles. The van der Waals surface area contributed by atoms with E-state index in [0.717, 1.165) is 0 Å². The third-order valence-corrected chi connectivity index (χ3v) is 3.53. The van der Waals surface area contributed by atoms with Crippen molar-refractivity contribution in [3.63, 3.8) is 0 Å². The Kier molecular flexibility index (Phi) is 5.51. The van der Waals surface area contributed by atoms with Gasteiger partial charge in [-0.05, 0) is 23.8 Å². The van der Waals surface area contributed by atoms with Crippen molar-refractivity contribution in [3.05, 3.63) is 84.3 Å². The van der Waals surface area contributed by atoms with Crippen molar-refractivity contribution in [1.29, 1.82) is 0 Å². The van der Waals surface area contributed by atoms with Crippen LogP contribution in [-0.2, 0) is 9.59 Å². The molecule has 7 heteroatoms. The van der Waals surface area contributed by atoms with Gasteiger partial charge in [-0.25, -0.2) is 0 Å². The lowest BCUT2D eigenvalue weighted by Gasteiger charge is -2.17. The van der Waals surface area contributed by atoms with Gasteiger partial charge in [-0.3, -0.25) is 19.7 Å². The molecule has 2 amide bonds. The number of amides is 2. The highest BCUT2D eigenvalue weighted by molar-refractivity contribution is 6.00.